The summed E-state index contributed by atoms with van der Waals surface area (Å²) >= 11 is 6.15. The molecule has 6 nitrogen and oxygen atoms in total. The quantitative estimate of drug-likeness (QED) is 0.591. The maximum Gasteiger partial charge on any atom is 0.326 e. The van der Waals surface area contributed by atoms with Gasteiger partial charge in [-0.2, -0.15) is 0 Å². The number of rotatable bonds is 6. The minimum Gasteiger partial charge on any atom is -0.481 e. The zero-order valence-electron chi connectivity index (χ0n) is 12.8. The second kappa shape index (κ2) is 7.59. The molecule has 1 unspecified atom stereocenters. The molecule has 1 aliphatic heterocycles. The van der Waals surface area contributed by atoms with Gasteiger partial charge in [-0.15, -0.1) is 0 Å². The first-order chi connectivity index (χ1) is 11.3. The Morgan fingerprint density at radius 3 is 2.67 bits per heavy atom. The zero-order chi connectivity index (χ0) is 17.9. The first-order valence-electron chi connectivity index (χ1n) is 7.08. The normalized spacial score (nSPS) is 17.4. The van der Waals surface area contributed by atoms with E-state index in [-0.39, 0.29) is 17.2 Å². The minimum atomic E-state index is -1.28. The van der Waals surface area contributed by atoms with Crippen LogP contribution in [0.4, 0.5) is 0 Å². The summed E-state index contributed by atoms with van der Waals surface area (Å²) in [6.07, 6.45) is 1.10. The Morgan fingerprint density at radius 2 is 2.08 bits per heavy atom. The van der Waals surface area contributed by atoms with Gasteiger partial charge in [0.25, 0.3) is 5.91 Å². The van der Waals surface area contributed by atoms with Gasteiger partial charge in [0.2, 0.25) is 0 Å². The van der Waals surface area contributed by atoms with E-state index in [1.54, 1.807) is 6.08 Å². The number of aryl methyl sites for hydroxylation is 1. The monoisotopic (exact) mass is 365 g/mol. The number of nitrogens with zero attached hydrogens (tertiary/aromatic N) is 1. The molecule has 1 aromatic rings. The van der Waals surface area contributed by atoms with Crippen LogP contribution in [0.15, 0.2) is 29.2 Å². The lowest BCUT2D eigenvalue weighted by Crippen LogP contribution is -2.44. The average Bonchev–Trinajstić information content (AvgIpc) is 2.74. The molecule has 0 radical (unpaired) electrons. The molecule has 1 fully saturated rings. The van der Waals surface area contributed by atoms with Crippen molar-refractivity contribution in [2.45, 2.75) is 25.8 Å². The van der Waals surface area contributed by atoms with E-state index in [0.29, 0.717) is 4.91 Å². The SMILES string of the molecule is Cc1cccc(C=C2SC(=S)N(C(CCC(=O)O)C(=O)O)C2=O)c1. The van der Waals surface area contributed by atoms with Crippen molar-refractivity contribution in [2.75, 3.05) is 0 Å². The van der Waals surface area contributed by atoms with Crippen molar-refractivity contribution in [1.29, 1.82) is 0 Å². The summed E-state index contributed by atoms with van der Waals surface area (Å²) in [4.78, 5) is 36.0. The van der Waals surface area contributed by atoms with Crippen LogP contribution in [0.25, 0.3) is 6.08 Å². The number of hydrogen-bond donors (Lipinski definition) is 2. The van der Waals surface area contributed by atoms with Crippen molar-refractivity contribution < 1.29 is 24.6 Å². The van der Waals surface area contributed by atoms with Crippen LogP contribution in [0.5, 0.6) is 0 Å². The van der Waals surface area contributed by atoms with E-state index < -0.39 is 23.9 Å². The van der Waals surface area contributed by atoms with Crippen molar-refractivity contribution in [3.05, 3.63) is 40.3 Å². The smallest absolute Gasteiger partial charge is 0.326 e. The predicted molar refractivity (Wildman–Crippen MR) is 94.5 cm³/mol. The number of carbonyl (C=O) groups is 3. The van der Waals surface area contributed by atoms with Gasteiger partial charge in [-0.1, -0.05) is 53.8 Å². The fourth-order valence-corrected chi connectivity index (χ4v) is 3.64. The molecule has 0 spiro atoms. The molecule has 2 rings (SSSR count). The number of carboxylic acid groups (broad SMARTS) is 2. The molecule has 1 aliphatic rings. The third kappa shape index (κ3) is 4.21. The highest BCUT2D eigenvalue weighted by atomic mass is 32.2. The van der Waals surface area contributed by atoms with Gasteiger partial charge in [-0.25, -0.2) is 4.79 Å². The molecule has 1 aromatic carbocycles. The number of amides is 1. The molecular weight excluding hydrogens is 350 g/mol. The van der Waals surface area contributed by atoms with Crippen molar-refractivity contribution in [2.24, 2.45) is 0 Å². The average molecular weight is 365 g/mol. The summed E-state index contributed by atoms with van der Waals surface area (Å²) in [6.45, 7) is 1.93. The zero-order valence-corrected chi connectivity index (χ0v) is 14.4. The Morgan fingerprint density at radius 1 is 1.38 bits per heavy atom. The predicted octanol–water partition coefficient (Wildman–Crippen LogP) is 2.51. The summed E-state index contributed by atoms with van der Waals surface area (Å²) < 4.78 is 0.122. The molecule has 2 N–H and O–H groups in total. The highest BCUT2D eigenvalue weighted by Crippen LogP contribution is 2.35. The molecule has 0 aromatic heterocycles. The van der Waals surface area contributed by atoms with E-state index in [0.717, 1.165) is 27.8 Å². The summed E-state index contributed by atoms with van der Waals surface area (Å²) in [6, 6.07) is 6.23. The standard InChI is InChI=1S/C16H15NO5S2/c1-9-3-2-4-10(7-9)8-12-14(20)17(16(23)24-12)11(15(21)22)5-6-13(18)19/h2-4,7-8,11H,5-6H2,1H3,(H,18,19)(H,21,22). The number of benzene rings is 1. The van der Waals surface area contributed by atoms with Gasteiger partial charge in [0.05, 0.1) is 4.91 Å². The molecule has 0 bridgehead atoms. The highest BCUT2D eigenvalue weighted by molar-refractivity contribution is 8.26. The Hall–Kier alpha value is -2.19. The van der Waals surface area contributed by atoms with E-state index in [4.69, 9.17) is 17.3 Å². The molecule has 24 heavy (non-hydrogen) atoms. The first-order valence-corrected chi connectivity index (χ1v) is 8.30. The molecule has 1 saturated heterocycles. The van der Waals surface area contributed by atoms with Crippen LogP contribution in [0.3, 0.4) is 0 Å². The lowest BCUT2D eigenvalue weighted by atomic mass is 10.1. The maximum absolute atomic E-state index is 12.5. The van der Waals surface area contributed by atoms with Crippen LogP contribution in [-0.2, 0) is 14.4 Å². The number of aliphatic carboxylic acids is 2. The van der Waals surface area contributed by atoms with E-state index >= 15 is 0 Å². The largest absolute Gasteiger partial charge is 0.481 e. The Balaban J connectivity index is 2.26. The lowest BCUT2D eigenvalue weighted by Gasteiger charge is -2.22. The first kappa shape index (κ1) is 18.2. The molecule has 126 valence electrons. The van der Waals surface area contributed by atoms with E-state index in [1.165, 1.54) is 0 Å². The van der Waals surface area contributed by atoms with Crippen LogP contribution in [0.1, 0.15) is 24.0 Å². The van der Waals surface area contributed by atoms with Crippen molar-refractivity contribution in [1.82, 2.24) is 4.90 Å². The summed E-state index contributed by atoms with van der Waals surface area (Å²) in [5, 5.41) is 18.1. The van der Waals surface area contributed by atoms with Crippen LogP contribution >= 0.6 is 24.0 Å². The maximum atomic E-state index is 12.5. The number of carboxylic acids is 2. The molecule has 0 aliphatic carbocycles. The third-order valence-corrected chi connectivity index (χ3v) is 4.72. The summed E-state index contributed by atoms with van der Waals surface area (Å²) in [5.74, 6) is -2.91. The fraction of sp³-hybridized carbons (Fsp3) is 0.250. The molecule has 0 saturated carbocycles. The lowest BCUT2D eigenvalue weighted by molar-refractivity contribution is -0.146. The number of hydrogen-bond acceptors (Lipinski definition) is 5. The van der Waals surface area contributed by atoms with Gasteiger partial charge in [0.1, 0.15) is 10.4 Å². The van der Waals surface area contributed by atoms with Crippen LogP contribution < -0.4 is 0 Å². The second-order valence-electron chi connectivity index (χ2n) is 5.25. The van der Waals surface area contributed by atoms with Crippen molar-refractivity contribution >= 4 is 52.2 Å². The Kier molecular flexibility index (Phi) is 5.74. The van der Waals surface area contributed by atoms with E-state index in [9.17, 15) is 19.5 Å². The summed E-state index contributed by atoms with van der Waals surface area (Å²) in [7, 11) is 0. The van der Waals surface area contributed by atoms with Crippen molar-refractivity contribution in [3.63, 3.8) is 0 Å². The number of carbonyl (C=O) groups excluding carboxylic acids is 1. The molecular formula is C16H15NO5S2. The Labute approximate surface area is 148 Å². The number of thiocarbonyl (C=S) groups is 1. The molecule has 8 heteroatoms. The fourth-order valence-electron chi connectivity index (χ4n) is 2.28. The van der Waals surface area contributed by atoms with Gasteiger partial charge in [-0.3, -0.25) is 14.5 Å². The van der Waals surface area contributed by atoms with Gasteiger partial charge in [0, 0.05) is 6.42 Å². The number of thioether (sulfide) groups is 1. The third-order valence-electron chi connectivity index (χ3n) is 3.39. The van der Waals surface area contributed by atoms with Gasteiger partial charge >= 0.3 is 11.9 Å². The molecule has 1 amide bonds. The van der Waals surface area contributed by atoms with Crippen LogP contribution in [-0.4, -0.2) is 43.3 Å². The van der Waals surface area contributed by atoms with Crippen molar-refractivity contribution in [3.8, 4) is 0 Å². The van der Waals surface area contributed by atoms with Crippen LogP contribution in [0, 0.1) is 6.92 Å². The minimum absolute atomic E-state index is 0.122. The van der Waals surface area contributed by atoms with Gasteiger partial charge < -0.3 is 10.2 Å². The van der Waals surface area contributed by atoms with Crippen LogP contribution in [0.2, 0.25) is 0 Å². The topological polar surface area (TPSA) is 94.9 Å². The Bertz CT molecular complexity index is 744. The molecule has 1 atom stereocenters. The highest BCUT2D eigenvalue weighted by Gasteiger charge is 2.40. The van der Waals surface area contributed by atoms with E-state index in [2.05, 4.69) is 0 Å². The van der Waals surface area contributed by atoms with Gasteiger partial charge in [0.15, 0.2) is 0 Å². The van der Waals surface area contributed by atoms with Gasteiger partial charge in [-0.05, 0) is 25.0 Å². The van der Waals surface area contributed by atoms with E-state index in [1.807, 2.05) is 31.2 Å². The summed E-state index contributed by atoms with van der Waals surface area (Å²) in [5.41, 5.74) is 1.84. The molecule has 1 heterocycles. The second-order valence-corrected chi connectivity index (χ2v) is 6.93.